The molecule has 1 saturated carbocycles. The predicted molar refractivity (Wildman–Crippen MR) is 93.8 cm³/mol. The molecule has 5 nitrogen and oxygen atoms in total. The fraction of sp³-hybridized carbons (Fsp3) is 0.882. The first-order chi connectivity index (χ1) is 10.3. The van der Waals surface area contributed by atoms with Gasteiger partial charge in [0.1, 0.15) is 17.6 Å². The van der Waals surface area contributed by atoms with E-state index < -0.39 is 26.5 Å². The van der Waals surface area contributed by atoms with Crippen LogP contribution in [0.25, 0.3) is 0 Å². The SMILES string of the molecule is C[SiH](C)O[C@]1(NC(=O)OC(C)(C)C)C[C@@H](C=O)C[C@H]1C(C)(C)C. The van der Waals surface area contributed by atoms with Crippen LogP contribution in [-0.2, 0) is 14.0 Å². The van der Waals surface area contributed by atoms with Gasteiger partial charge >= 0.3 is 6.09 Å². The van der Waals surface area contributed by atoms with Gasteiger partial charge in [-0.2, -0.15) is 0 Å². The summed E-state index contributed by atoms with van der Waals surface area (Å²) in [6, 6.07) is 0. The second-order valence-corrected chi connectivity index (χ2v) is 11.3. The molecule has 3 atom stereocenters. The summed E-state index contributed by atoms with van der Waals surface area (Å²) in [6.07, 6.45) is 1.75. The highest BCUT2D eigenvalue weighted by Gasteiger charge is 2.54. The van der Waals surface area contributed by atoms with Gasteiger partial charge in [0.25, 0.3) is 0 Å². The number of carbonyl (C=O) groups is 2. The van der Waals surface area contributed by atoms with Gasteiger partial charge in [-0.3, -0.25) is 5.32 Å². The largest absolute Gasteiger partial charge is 0.444 e. The molecule has 1 aliphatic rings. The van der Waals surface area contributed by atoms with Crippen molar-refractivity contribution in [3.8, 4) is 0 Å². The molecule has 0 aromatic heterocycles. The second kappa shape index (κ2) is 6.93. The first-order valence-corrected chi connectivity index (χ1v) is 11.2. The van der Waals surface area contributed by atoms with Crippen molar-refractivity contribution >= 4 is 21.4 Å². The van der Waals surface area contributed by atoms with Crippen molar-refractivity contribution in [1.29, 1.82) is 0 Å². The van der Waals surface area contributed by atoms with Crippen LogP contribution in [-0.4, -0.2) is 32.7 Å². The van der Waals surface area contributed by atoms with Crippen LogP contribution < -0.4 is 5.32 Å². The van der Waals surface area contributed by atoms with E-state index in [0.717, 1.165) is 12.7 Å². The number of ether oxygens (including phenoxy) is 1. The smallest absolute Gasteiger partial charge is 0.409 e. The van der Waals surface area contributed by atoms with Gasteiger partial charge in [0.15, 0.2) is 9.04 Å². The van der Waals surface area contributed by atoms with Crippen molar-refractivity contribution in [2.75, 3.05) is 0 Å². The Morgan fingerprint density at radius 3 is 2.17 bits per heavy atom. The van der Waals surface area contributed by atoms with Gasteiger partial charge in [-0.1, -0.05) is 20.8 Å². The fourth-order valence-electron chi connectivity index (χ4n) is 3.46. The van der Waals surface area contributed by atoms with Gasteiger partial charge in [0, 0.05) is 18.3 Å². The molecule has 0 unspecified atom stereocenters. The van der Waals surface area contributed by atoms with Gasteiger partial charge in [-0.15, -0.1) is 0 Å². The van der Waals surface area contributed by atoms with Crippen LogP contribution in [0, 0.1) is 17.3 Å². The molecule has 0 aromatic carbocycles. The molecule has 0 aliphatic heterocycles. The Kier molecular flexibility index (Phi) is 6.07. The Morgan fingerprint density at radius 2 is 1.78 bits per heavy atom. The minimum atomic E-state index is -1.44. The molecule has 1 N–H and O–H groups in total. The molecular formula is C17H33NO4Si. The van der Waals surface area contributed by atoms with Gasteiger partial charge < -0.3 is 14.0 Å². The highest BCUT2D eigenvalue weighted by molar-refractivity contribution is 6.48. The second-order valence-electron chi connectivity index (χ2n) is 8.94. The lowest BCUT2D eigenvalue weighted by Crippen LogP contribution is -2.58. The van der Waals surface area contributed by atoms with Crippen molar-refractivity contribution in [3.05, 3.63) is 0 Å². The van der Waals surface area contributed by atoms with Crippen LogP contribution in [0.2, 0.25) is 13.1 Å². The lowest BCUT2D eigenvalue weighted by Gasteiger charge is -2.44. The number of nitrogens with one attached hydrogen (secondary N) is 1. The molecule has 6 heteroatoms. The molecule has 0 aromatic rings. The van der Waals surface area contributed by atoms with Crippen LogP contribution in [0.5, 0.6) is 0 Å². The minimum absolute atomic E-state index is 0.0626. The van der Waals surface area contributed by atoms with Crippen LogP contribution >= 0.6 is 0 Å². The summed E-state index contributed by atoms with van der Waals surface area (Å²) in [5.74, 6) is -0.0328. The first kappa shape index (κ1) is 20.2. The molecule has 1 aliphatic carbocycles. The van der Waals surface area contributed by atoms with E-state index in [1.54, 1.807) is 0 Å². The summed E-state index contributed by atoms with van der Waals surface area (Å²) in [6.45, 7) is 16.0. The Labute approximate surface area is 142 Å². The molecule has 0 heterocycles. The number of hydrogen-bond donors (Lipinski definition) is 1. The van der Waals surface area contributed by atoms with Crippen molar-refractivity contribution in [3.63, 3.8) is 0 Å². The van der Waals surface area contributed by atoms with Crippen molar-refractivity contribution in [1.82, 2.24) is 5.32 Å². The molecule has 1 rings (SSSR count). The zero-order chi connectivity index (χ0) is 18.1. The third-order valence-corrected chi connectivity index (χ3v) is 4.96. The highest BCUT2D eigenvalue weighted by Crippen LogP contribution is 2.49. The quantitative estimate of drug-likeness (QED) is 0.482. The molecule has 0 saturated heterocycles. The summed E-state index contributed by atoms with van der Waals surface area (Å²) < 4.78 is 11.8. The molecular weight excluding hydrogens is 310 g/mol. The lowest BCUT2D eigenvalue weighted by atomic mass is 9.75. The van der Waals surface area contributed by atoms with E-state index >= 15 is 0 Å². The predicted octanol–water partition coefficient (Wildman–Crippen LogP) is 3.48. The van der Waals surface area contributed by atoms with Crippen molar-refractivity contribution < 1.29 is 18.8 Å². The molecule has 1 amide bonds. The number of carbonyl (C=O) groups excluding carboxylic acids is 2. The molecule has 0 bridgehead atoms. The zero-order valence-electron chi connectivity index (χ0n) is 15.9. The first-order valence-electron chi connectivity index (χ1n) is 8.43. The number of rotatable bonds is 4. The minimum Gasteiger partial charge on any atom is -0.444 e. The highest BCUT2D eigenvalue weighted by atomic mass is 28.3. The molecule has 0 spiro atoms. The van der Waals surface area contributed by atoms with Crippen LogP contribution in [0.15, 0.2) is 0 Å². The summed E-state index contributed by atoms with van der Waals surface area (Å²) in [4.78, 5) is 23.8. The van der Waals surface area contributed by atoms with E-state index in [1.165, 1.54) is 0 Å². The van der Waals surface area contributed by atoms with Crippen LogP contribution in [0.3, 0.4) is 0 Å². The molecule has 23 heavy (non-hydrogen) atoms. The lowest BCUT2D eigenvalue weighted by molar-refractivity contribution is -0.111. The molecule has 0 radical (unpaired) electrons. The average molecular weight is 344 g/mol. The maximum atomic E-state index is 12.4. The van der Waals surface area contributed by atoms with Gasteiger partial charge in [0.2, 0.25) is 0 Å². The van der Waals surface area contributed by atoms with Gasteiger partial charge in [0.05, 0.1) is 0 Å². The zero-order valence-corrected chi connectivity index (χ0v) is 17.0. The summed E-state index contributed by atoms with van der Waals surface area (Å²) in [7, 11) is -1.44. The fourth-order valence-corrected chi connectivity index (χ4v) is 4.62. The third-order valence-electron chi connectivity index (χ3n) is 4.06. The van der Waals surface area contributed by atoms with E-state index in [9.17, 15) is 9.59 Å². The van der Waals surface area contributed by atoms with E-state index in [1.807, 2.05) is 20.8 Å². The Bertz CT molecular complexity index is 439. The number of aldehydes is 1. The number of hydrogen-bond acceptors (Lipinski definition) is 4. The summed E-state index contributed by atoms with van der Waals surface area (Å²) >= 11 is 0. The standard InChI is InChI=1S/C17H33NO4Si/c1-15(2,3)13-9-12(11-19)10-17(13,22-23(7)8)18-14(20)21-16(4,5)6/h11-13,23H,9-10H2,1-8H3,(H,18,20)/t12-,13-,17+/m0/s1. The Morgan fingerprint density at radius 1 is 1.22 bits per heavy atom. The van der Waals surface area contributed by atoms with E-state index in [-0.39, 0.29) is 17.3 Å². The number of alkyl carbamates (subject to hydrolysis) is 1. The summed E-state index contributed by atoms with van der Waals surface area (Å²) in [5.41, 5.74) is -1.47. The Balaban J connectivity index is 3.13. The normalized spacial score (nSPS) is 28.7. The summed E-state index contributed by atoms with van der Waals surface area (Å²) in [5, 5.41) is 2.99. The average Bonchev–Trinajstić information content (AvgIpc) is 2.63. The van der Waals surface area contributed by atoms with E-state index in [2.05, 4.69) is 39.2 Å². The molecule has 1 fully saturated rings. The maximum absolute atomic E-state index is 12.4. The van der Waals surface area contributed by atoms with Gasteiger partial charge in [-0.05, 0) is 45.7 Å². The Hall–Kier alpha value is -0.883. The van der Waals surface area contributed by atoms with E-state index in [4.69, 9.17) is 9.16 Å². The molecule has 134 valence electrons. The monoisotopic (exact) mass is 343 g/mol. The van der Waals surface area contributed by atoms with Gasteiger partial charge in [-0.25, -0.2) is 4.79 Å². The van der Waals surface area contributed by atoms with Crippen LogP contribution in [0.4, 0.5) is 4.79 Å². The van der Waals surface area contributed by atoms with Crippen LogP contribution in [0.1, 0.15) is 54.4 Å². The topological polar surface area (TPSA) is 64.6 Å². The van der Waals surface area contributed by atoms with Crippen molar-refractivity contribution in [2.45, 2.75) is 78.8 Å². The van der Waals surface area contributed by atoms with E-state index in [0.29, 0.717) is 6.42 Å². The number of amides is 1. The van der Waals surface area contributed by atoms with Crippen molar-refractivity contribution in [2.24, 2.45) is 17.3 Å². The maximum Gasteiger partial charge on any atom is 0.409 e. The third kappa shape index (κ3) is 5.60.